The fraction of sp³-hybridized carbons (Fsp3) is 0.733. The molecular weight excluding hydrogens is 180 g/mol. The molecule has 0 aromatic heterocycles. The lowest BCUT2D eigenvalue weighted by Crippen LogP contribution is -2.32. The van der Waals surface area contributed by atoms with Gasteiger partial charge in [-0.15, -0.1) is 0 Å². The van der Waals surface area contributed by atoms with Crippen molar-refractivity contribution >= 4 is 0 Å². The third kappa shape index (κ3) is 2.35. The van der Waals surface area contributed by atoms with Crippen molar-refractivity contribution < 1.29 is 0 Å². The highest BCUT2D eigenvalue weighted by molar-refractivity contribution is 5.29. The van der Waals surface area contributed by atoms with E-state index in [-0.39, 0.29) is 0 Å². The molecule has 0 radical (unpaired) electrons. The summed E-state index contributed by atoms with van der Waals surface area (Å²) >= 11 is 0. The molecule has 0 aromatic carbocycles. The van der Waals surface area contributed by atoms with Crippen LogP contribution in [0.3, 0.4) is 0 Å². The zero-order chi connectivity index (χ0) is 11.6. The van der Waals surface area contributed by atoms with Crippen molar-refractivity contribution in [1.82, 2.24) is 0 Å². The van der Waals surface area contributed by atoms with Gasteiger partial charge in [-0.2, -0.15) is 0 Å². The van der Waals surface area contributed by atoms with E-state index in [1.54, 1.807) is 0 Å². The van der Waals surface area contributed by atoms with E-state index >= 15 is 0 Å². The van der Waals surface area contributed by atoms with Crippen molar-refractivity contribution in [1.29, 1.82) is 0 Å². The lowest BCUT2D eigenvalue weighted by Gasteiger charge is -2.41. The van der Waals surface area contributed by atoms with Gasteiger partial charge in [-0.1, -0.05) is 59.8 Å². The van der Waals surface area contributed by atoms with Crippen molar-refractivity contribution in [3.8, 4) is 0 Å². The maximum Gasteiger partial charge on any atom is -0.00318 e. The molecule has 0 N–H and O–H groups in total. The van der Waals surface area contributed by atoms with Crippen molar-refractivity contribution in [2.75, 3.05) is 0 Å². The van der Waals surface area contributed by atoms with Crippen LogP contribution in [-0.4, -0.2) is 0 Å². The average molecular weight is 206 g/mol. The summed E-state index contributed by atoms with van der Waals surface area (Å²) in [5, 5.41) is 0. The van der Waals surface area contributed by atoms with Gasteiger partial charge in [0, 0.05) is 0 Å². The summed E-state index contributed by atoms with van der Waals surface area (Å²) in [6.45, 7) is 14.0. The van der Waals surface area contributed by atoms with Crippen LogP contribution in [0.15, 0.2) is 23.8 Å². The van der Waals surface area contributed by atoms with E-state index in [9.17, 15) is 0 Å². The Morgan fingerprint density at radius 3 is 1.93 bits per heavy atom. The van der Waals surface area contributed by atoms with Gasteiger partial charge in [-0.25, -0.2) is 0 Å². The first-order chi connectivity index (χ1) is 6.90. The molecule has 1 rings (SSSR count). The summed E-state index contributed by atoms with van der Waals surface area (Å²) in [6, 6.07) is 0. The Kier molecular flexibility index (Phi) is 3.81. The van der Waals surface area contributed by atoms with Gasteiger partial charge in [0.05, 0.1) is 0 Å². The molecule has 1 aliphatic rings. The summed E-state index contributed by atoms with van der Waals surface area (Å²) < 4.78 is 0. The zero-order valence-electron chi connectivity index (χ0n) is 11.2. The number of hydrogen-bond donors (Lipinski definition) is 0. The molecular formula is C15H26. The predicted molar refractivity (Wildman–Crippen MR) is 68.8 cm³/mol. The van der Waals surface area contributed by atoms with Gasteiger partial charge in [0.25, 0.3) is 0 Å². The molecule has 0 fully saturated rings. The van der Waals surface area contributed by atoms with Crippen LogP contribution in [0.25, 0.3) is 0 Å². The normalized spacial score (nSPS) is 20.2. The van der Waals surface area contributed by atoms with Crippen molar-refractivity contribution in [3.63, 3.8) is 0 Å². The Balaban J connectivity index is 3.07. The summed E-state index contributed by atoms with van der Waals surface area (Å²) in [7, 11) is 0. The molecule has 0 saturated heterocycles. The molecule has 0 bridgehead atoms. The largest absolute Gasteiger partial charge is 0.0834 e. The molecule has 0 unspecified atom stereocenters. The van der Waals surface area contributed by atoms with Crippen LogP contribution in [0, 0.1) is 23.2 Å². The second-order valence-corrected chi connectivity index (χ2v) is 5.83. The van der Waals surface area contributed by atoms with E-state index in [1.807, 2.05) is 0 Å². The Labute approximate surface area is 95.5 Å². The summed E-state index contributed by atoms with van der Waals surface area (Å²) in [6.07, 6.45) is 8.44. The van der Waals surface area contributed by atoms with Gasteiger partial charge in [0.2, 0.25) is 0 Å². The molecule has 0 aromatic rings. The molecule has 0 heteroatoms. The third-order valence-electron chi connectivity index (χ3n) is 4.03. The van der Waals surface area contributed by atoms with E-state index < -0.39 is 0 Å². The zero-order valence-corrected chi connectivity index (χ0v) is 11.2. The molecule has 0 aliphatic heterocycles. The van der Waals surface area contributed by atoms with Crippen molar-refractivity contribution in [2.24, 2.45) is 23.2 Å². The molecule has 0 amide bonds. The van der Waals surface area contributed by atoms with E-state index in [4.69, 9.17) is 0 Å². The van der Waals surface area contributed by atoms with E-state index in [1.165, 1.54) is 12.0 Å². The minimum absolute atomic E-state index is 0.383. The molecule has 0 spiro atoms. The van der Waals surface area contributed by atoms with Crippen LogP contribution >= 0.6 is 0 Å². The minimum atomic E-state index is 0.383. The van der Waals surface area contributed by atoms with Crippen LogP contribution in [-0.2, 0) is 0 Å². The molecule has 0 nitrogen and oxygen atoms in total. The fourth-order valence-electron chi connectivity index (χ4n) is 2.65. The lowest BCUT2D eigenvalue weighted by atomic mass is 9.64. The maximum absolute atomic E-state index is 2.55. The molecule has 0 saturated carbocycles. The van der Waals surface area contributed by atoms with Gasteiger partial charge in [-0.3, -0.25) is 0 Å². The first-order valence-electron chi connectivity index (χ1n) is 6.29. The Hall–Kier alpha value is -0.520. The Bertz CT molecular complexity index is 256. The first kappa shape index (κ1) is 12.5. The molecule has 86 valence electrons. The predicted octanol–water partition coefficient (Wildman–Crippen LogP) is 4.83. The maximum atomic E-state index is 2.55. The Morgan fingerprint density at radius 1 is 1.00 bits per heavy atom. The third-order valence-corrected chi connectivity index (χ3v) is 4.03. The van der Waals surface area contributed by atoms with E-state index in [2.05, 4.69) is 59.8 Å². The number of allylic oxidation sites excluding steroid dienone is 4. The molecule has 15 heavy (non-hydrogen) atoms. The first-order valence-corrected chi connectivity index (χ1v) is 6.29. The Morgan fingerprint density at radius 2 is 1.53 bits per heavy atom. The van der Waals surface area contributed by atoms with Gasteiger partial charge in [0.15, 0.2) is 0 Å². The fourth-order valence-corrected chi connectivity index (χ4v) is 2.65. The van der Waals surface area contributed by atoms with Gasteiger partial charge in [0.1, 0.15) is 0 Å². The monoisotopic (exact) mass is 206 g/mol. The van der Waals surface area contributed by atoms with E-state index in [0.29, 0.717) is 11.3 Å². The topological polar surface area (TPSA) is 0 Å². The highest BCUT2D eigenvalue weighted by Gasteiger charge is 2.35. The lowest BCUT2D eigenvalue weighted by molar-refractivity contribution is 0.178. The van der Waals surface area contributed by atoms with Crippen LogP contribution in [0.4, 0.5) is 0 Å². The highest BCUT2D eigenvalue weighted by atomic mass is 14.4. The van der Waals surface area contributed by atoms with E-state index in [0.717, 1.165) is 11.8 Å². The van der Waals surface area contributed by atoms with Crippen LogP contribution in [0.2, 0.25) is 0 Å². The number of rotatable bonds is 3. The van der Waals surface area contributed by atoms with Gasteiger partial charge >= 0.3 is 0 Å². The highest BCUT2D eigenvalue weighted by Crippen LogP contribution is 2.44. The summed E-state index contributed by atoms with van der Waals surface area (Å²) in [4.78, 5) is 0. The summed E-state index contributed by atoms with van der Waals surface area (Å²) in [5.74, 6) is 2.09. The molecule has 0 atom stereocenters. The number of hydrogen-bond acceptors (Lipinski definition) is 0. The molecule has 1 aliphatic carbocycles. The van der Waals surface area contributed by atoms with Crippen LogP contribution in [0.5, 0.6) is 0 Å². The standard InChI is InChI=1S/C15H26/c1-11(2)14-8-7-9-15(10-14,12(3)4)13(5)6/h7-8,10-13H,9H2,1-6H3. The van der Waals surface area contributed by atoms with Crippen molar-refractivity contribution in [3.05, 3.63) is 23.8 Å². The van der Waals surface area contributed by atoms with Crippen LogP contribution < -0.4 is 0 Å². The van der Waals surface area contributed by atoms with Gasteiger partial charge in [-0.05, 0) is 35.2 Å². The second-order valence-electron chi connectivity index (χ2n) is 5.83. The average Bonchev–Trinajstić information content (AvgIpc) is 2.17. The molecule has 0 heterocycles. The van der Waals surface area contributed by atoms with Gasteiger partial charge < -0.3 is 0 Å². The minimum Gasteiger partial charge on any atom is -0.0834 e. The summed E-state index contributed by atoms with van der Waals surface area (Å²) in [5.41, 5.74) is 1.90. The smallest absolute Gasteiger partial charge is 0.00318 e. The van der Waals surface area contributed by atoms with Crippen molar-refractivity contribution in [2.45, 2.75) is 48.0 Å². The second kappa shape index (κ2) is 4.55. The SMILES string of the molecule is CC(C)C1=CC(C(C)C)(C(C)C)CC=C1. The van der Waals surface area contributed by atoms with Crippen LogP contribution in [0.1, 0.15) is 48.0 Å². The quantitative estimate of drug-likeness (QED) is 0.620.